The first-order chi connectivity index (χ1) is 16.7. The number of ether oxygens (including phenoxy) is 2. The van der Waals surface area contributed by atoms with Crippen LogP contribution >= 0.6 is 0 Å². The monoisotopic (exact) mass is 496 g/mol. The van der Waals surface area contributed by atoms with Crippen molar-refractivity contribution < 1.29 is 22.7 Å². The smallest absolute Gasteiger partial charge is 0.242 e. The Hall–Kier alpha value is -3.36. The maximum absolute atomic E-state index is 13.5. The number of aryl methyl sites for hydroxylation is 1. The number of rotatable bonds is 10. The van der Waals surface area contributed by atoms with Crippen LogP contribution < -0.4 is 19.5 Å². The molecule has 0 heterocycles. The number of methoxy groups -OCH3 is 2. The third-order valence-corrected chi connectivity index (χ3v) is 7.21. The van der Waals surface area contributed by atoms with Gasteiger partial charge in [0.05, 0.1) is 19.1 Å². The molecule has 0 aliphatic rings. The molecule has 2 N–H and O–H groups in total. The molecule has 7 nitrogen and oxygen atoms in total. The predicted molar refractivity (Wildman–Crippen MR) is 138 cm³/mol. The highest BCUT2D eigenvalue weighted by Gasteiger charge is 2.28. The van der Waals surface area contributed by atoms with Crippen LogP contribution in [0.1, 0.15) is 36.5 Å². The number of benzene rings is 3. The molecular formula is C27H32N2O5S. The summed E-state index contributed by atoms with van der Waals surface area (Å²) in [5.74, 6) is 0.432. The Bertz CT molecular complexity index is 1270. The Balaban J connectivity index is 1.96. The van der Waals surface area contributed by atoms with Gasteiger partial charge < -0.3 is 14.8 Å². The van der Waals surface area contributed by atoms with Crippen molar-refractivity contribution in [3.63, 3.8) is 0 Å². The zero-order valence-corrected chi connectivity index (χ0v) is 21.5. The third-order valence-electron chi connectivity index (χ3n) is 5.74. The number of hydrogen-bond acceptors (Lipinski definition) is 5. The molecule has 0 saturated carbocycles. The van der Waals surface area contributed by atoms with E-state index in [1.807, 2.05) is 69.3 Å². The van der Waals surface area contributed by atoms with Gasteiger partial charge in [0, 0.05) is 11.8 Å². The van der Waals surface area contributed by atoms with Crippen molar-refractivity contribution in [2.75, 3.05) is 19.5 Å². The van der Waals surface area contributed by atoms with Crippen LogP contribution in [0.4, 0.5) is 5.69 Å². The molecule has 0 aliphatic carbocycles. The summed E-state index contributed by atoms with van der Waals surface area (Å²) in [5, 5.41) is 2.98. The fraction of sp³-hybridized carbons (Fsp3) is 0.296. The number of para-hydroxylation sites is 1. The molecule has 0 bridgehead atoms. The van der Waals surface area contributed by atoms with Crippen molar-refractivity contribution in [2.24, 2.45) is 0 Å². The second-order valence-electron chi connectivity index (χ2n) is 8.56. The number of anilines is 1. The number of amides is 1. The van der Waals surface area contributed by atoms with E-state index in [2.05, 4.69) is 10.0 Å². The van der Waals surface area contributed by atoms with Crippen molar-refractivity contribution >= 4 is 21.6 Å². The maximum atomic E-state index is 13.5. The first kappa shape index (κ1) is 26.2. The van der Waals surface area contributed by atoms with Gasteiger partial charge in [0.1, 0.15) is 6.04 Å². The highest BCUT2D eigenvalue weighted by atomic mass is 32.2. The van der Waals surface area contributed by atoms with E-state index >= 15 is 0 Å². The fourth-order valence-electron chi connectivity index (χ4n) is 3.83. The van der Waals surface area contributed by atoms with Gasteiger partial charge in [0.25, 0.3) is 0 Å². The normalized spacial score (nSPS) is 12.3. The lowest BCUT2D eigenvalue weighted by Crippen LogP contribution is -2.45. The zero-order valence-electron chi connectivity index (χ0n) is 20.7. The van der Waals surface area contributed by atoms with Gasteiger partial charge in [-0.15, -0.1) is 0 Å². The molecule has 0 fully saturated rings. The van der Waals surface area contributed by atoms with E-state index in [9.17, 15) is 13.2 Å². The zero-order chi connectivity index (χ0) is 25.6. The molecule has 1 amide bonds. The van der Waals surface area contributed by atoms with Crippen molar-refractivity contribution in [3.05, 3.63) is 83.4 Å². The summed E-state index contributed by atoms with van der Waals surface area (Å²) in [6, 6.07) is 18.4. The van der Waals surface area contributed by atoms with E-state index in [4.69, 9.17) is 9.47 Å². The van der Waals surface area contributed by atoms with Crippen molar-refractivity contribution in [1.82, 2.24) is 4.72 Å². The number of sulfonamides is 1. The Morgan fingerprint density at radius 1 is 0.914 bits per heavy atom. The predicted octanol–water partition coefficient (Wildman–Crippen LogP) is 4.66. The summed E-state index contributed by atoms with van der Waals surface area (Å²) in [6.07, 6.45) is 0.183. The first-order valence-electron chi connectivity index (χ1n) is 11.3. The molecule has 8 heteroatoms. The van der Waals surface area contributed by atoms with Crippen molar-refractivity contribution in [3.8, 4) is 11.5 Å². The van der Waals surface area contributed by atoms with E-state index in [1.165, 1.54) is 32.4 Å². The minimum Gasteiger partial charge on any atom is -0.493 e. The highest BCUT2D eigenvalue weighted by Crippen LogP contribution is 2.30. The summed E-state index contributed by atoms with van der Waals surface area (Å²) in [6.45, 7) is 6.01. The molecular weight excluding hydrogens is 464 g/mol. The Kier molecular flexibility index (Phi) is 8.53. The molecule has 0 radical (unpaired) electrons. The fourth-order valence-corrected chi connectivity index (χ4v) is 5.04. The molecule has 35 heavy (non-hydrogen) atoms. The Morgan fingerprint density at radius 3 is 2.23 bits per heavy atom. The molecule has 1 atom stereocenters. The van der Waals surface area contributed by atoms with E-state index in [-0.39, 0.29) is 23.0 Å². The van der Waals surface area contributed by atoms with Gasteiger partial charge >= 0.3 is 0 Å². The van der Waals surface area contributed by atoms with Gasteiger partial charge in [-0.2, -0.15) is 4.72 Å². The molecule has 0 aromatic heterocycles. The molecule has 0 aliphatic heterocycles. The number of nitrogens with one attached hydrogen (secondary N) is 2. The van der Waals surface area contributed by atoms with Crippen LogP contribution in [0, 0.1) is 6.92 Å². The lowest BCUT2D eigenvalue weighted by molar-refractivity contribution is -0.117. The first-order valence-corrected chi connectivity index (χ1v) is 12.8. The summed E-state index contributed by atoms with van der Waals surface area (Å²) in [7, 11) is -1.15. The van der Waals surface area contributed by atoms with Crippen molar-refractivity contribution in [1.29, 1.82) is 0 Å². The minimum atomic E-state index is -4.06. The standard InChI is InChI=1S/C27H32N2O5S/c1-18(2)22-13-9-10-19(3)26(22)28-27(30)23(16-20-11-7-6-8-12-20)29-35(31,32)21-14-15-24(33-4)25(17-21)34-5/h6-15,17-18,23,29H,16H2,1-5H3,(H,28,30)/t23-/m1/s1. The average Bonchev–Trinajstić information content (AvgIpc) is 2.84. The highest BCUT2D eigenvalue weighted by molar-refractivity contribution is 7.89. The SMILES string of the molecule is COc1ccc(S(=O)(=O)N[C@H](Cc2ccccc2)C(=O)Nc2c(C)cccc2C(C)C)cc1OC. The van der Waals surface area contributed by atoms with Crippen LogP contribution in [0.25, 0.3) is 0 Å². The average molecular weight is 497 g/mol. The summed E-state index contributed by atoms with van der Waals surface area (Å²) in [4.78, 5) is 13.5. The van der Waals surface area contributed by atoms with Crippen LogP contribution in [-0.2, 0) is 21.2 Å². The molecule has 0 spiro atoms. The lowest BCUT2D eigenvalue weighted by Gasteiger charge is -2.22. The Morgan fingerprint density at radius 2 is 1.60 bits per heavy atom. The van der Waals surface area contributed by atoms with Gasteiger partial charge in [-0.05, 0) is 48.1 Å². The van der Waals surface area contributed by atoms with Gasteiger partial charge in [0.15, 0.2) is 11.5 Å². The second kappa shape index (κ2) is 11.4. The quantitative estimate of drug-likeness (QED) is 0.426. The molecule has 186 valence electrons. The number of hydrogen-bond donors (Lipinski definition) is 2. The van der Waals surface area contributed by atoms with Gasteiger partial charge in [-0.1, -0.05) is 62.4 Å². The third kappa shape index (κ3) is 6.41. The van der Waals surface area contributed by atoms with Gasteiger partial charge in [-0.3, -0.25) is 4.79 Å². The van der Waals surface area contributed by atoms with Crippen LogP contribution in [0.15, 0.2) is 71.6 Å². The summed E-state index contributed by atoms with van der Waals surface area (Å²) in [5.41, 5.74) is 3.43. The number of carbonyl (C=O) groups excluding carboxylic acids is 1. The number of carbonyl (C=O) groups is 1. The minimum absolute atomic E-state index is 0.0280. The van der Waals surface area contributed by atoms with Gasteiger partial charge in [0.2, 0.25) is 15.9 Å². The van der Waals surface area contributed by atoms with E-state index in [0.29, 0.717) is 11.4 Å². The largest absolute Gasteiger partial charge is 0.493 e. The van der Waals surface area contributed by atoms with Crippen LogP contribution in [0.3, 0.4) is 0 Å². The van der Waals surface area contributed by atoms with Crippen LogP contribution in [-0.4, -0.2) is 34.6 Å². The van der Waals surface area contributed by atoms with E-state index in [0.717, 1.165) is 16.7 Å². The second-order valence-corrected chi connectivity index (χ2v) is 10.3. The van der Waals surface area contributed by atoms with Crippen molar-refractivity contribution in [2.45, 2.75) is 44.0 Å². The molecule has 3 rings (SSSR count). The lowest BCUT2D eigenvalue weighted by atomic mass is 9.97. The molecule has 0 unspecified atom stereocenters. The van der Waals surface area contributed by atoms with Crippen LogP contribution in [0.2, 0.25) is 0 Å². The summed E-state index contributed by atoms with van der Waals surface area (Å²) >= 11 is 0. The summed E-state index contributed by atoms with van der Waals surface area (Å²) < 4.78 is 39.7. The van der Waals surface area contributed by atoms with E-state index in [1.54, 1.807) is 0 Å². The topological polar surface area (TPSA) is 93.7 Å². The molecule has 3 aromatic rings. The Labute approximate surface area is 207 Å². The van der Waals surface area contributed by atoms with E-state index < -0.39 is 22.0 Å². The van der Waals surface area contributed by atoms with Crippen LogP contribution in [0.5, 0.6) is 11.5 Å². The van der Waals surface area contributed by atoms with Gasteiger partial charge in [-0.25, -0.2) is 8.42 Å². The molecule has 0 saturated heterocycles. The molecule has 3 aromatic carbocycles. The maximum Gasteiger partial charge on any atom is 0.242 e.